The maximum absolute atomic E-state index is 13.1. The van der Waals surface area contributed by atoms with E-state index >= 15 is 0 Å². The van der Waals surface area contributed by atoms with Crippen LogP contribution in [0.25, 0.3) is 0 Å². The van der Waals surface area contributed by atoms with Gasteiger partial charge in [0.2, 0.25) is 0 Å². The van der Waals surface area contributed by atoms with Gasteiger partial charge in [0, 0.05) is 19.4 Å². The molecule has 0 N–H and O–H groups in total. The quantitative estimate of drug-likeness (QED) is 0.154. The number of nitrogens with zero attached hydrogens (tertiary/aromatic N) is 2. The van der Waals surface area contributed by atoms with Gasteiger partial charge in [0.05, 0.1) is 32.8 Å². The second-order valence-corrected chi connectivity index (χ2v) is 11.4. The molecule has 3 rings (SSSR count). The van der Waals surface area contributed by atoms with E-state index in [2.05, 4.69) is 12.1 Å². The van der Waals surface area contributed by atoms with Gasteiger partial charge in [-0.15, -0.1) is 0 Å². The third kappa shape index (κ3) is 11.2. The number of halogens is 3. The van der Waals surface area contributed by atoms with Gasteiger partial charge >= 0.3 is 18.1 Å². The summed E-state index contributed by atoms with van der Waals surface area (Å²) >= 11 is 0. The number of carbonyl (C=O) groups is 2. The highest BCUT2D eigenvalue weighted by Crippen LogP contribution is 2.29. The van der Waals surface area contributed by atoms with Gasteiger partial charge in [-0.25, -0.2) is 4.79 Å². The second kappa shape index (κ2) is 15.7. The molecule has 0 saturated heterocycles. The molecule has 234 valence electrons. The van der Waals surface area contributed by atoms with Crippen LogP contribution in [0.3, 0.4) is 0 Å². The Labute approximate surface area is 250 Å². The first-order valence-electron chi connectivity index (χ1n) is 14.5. The van der Waals surface area contributed by atoms with Gasteiger partial charge in [-0.1, -0.05) is 30.3 Å². The zero-order valence-electron chi connectivity index (χ0n) is 25.0. The second-order valence-electron chi connectivity index (χ2n) is 11.4. The van der Waals surface area contributed by atoms with Crippen LogP contribution in [0.5, 0.6) is 5.75 Å². The Kier molecular flexibility index (Phi) is 12.4. The molecular formula is C32H40F3N2O6+. The summed E-state index contributed by atoms with van der Waals surface area (Å²) in [5.41, 5.74) is 3.50. The number of quaternary nitrogens is 1. The summed E-state index contributed by atoms with van der Waals surface area (Å²) in [5, 5.41) is 9.56. The Balaban J connectivity index is 1.62. The van der Waals surface area contributed by atoms with E-state index in [9.17, 15) is 28.0 Å². The van der Waals surface area contributed by atoms with Gasteiger partial charge < -0.3 is 23.4 Å². The van der Waals surface area contributed by atoms with E-state index in [4.69, 9.17) is 18.9 Å². The van der Waals surface area contributed by atoms with Crippen LogP contribution in [0.4, 0.5) is 13.2 Å². The topological polar surface area (TPSA) is 94.8 Å². The van der Waals surface area contributed by atoms with Crippen molar-refractivity contribution in [1.82, 2.24) is 0 Å². The Bertz CT molecular complexity index is 1250. The van der Waals surface area contributed by atoms with Crippen molar-refractivity contribution in [2.75, 3.05) is 53.6 Å². The molecule has 2 aromatic rings. The van der Waals surface area contributed by atoms with Gasteiger partial charge in [0.1, 0.15) is 31.6 Å². The minimum atomic E-state index is -5.15. The van der Waals surface area contributed by atoms with Crippen molar-refractivity contribution >= 4 is 11.9 Å². The number of aryl methyl sites for hydroxylation is 1. The summed E-state index contributed by atoms with van der Waals surface area (Å²) in [6.45, 7) is 3.18. The van der Waals surface area contributed by atoms with Crippen LogP contribution in [0, 0.1) is 17.2 Å². The molecule has 0 bridgehead atoms. The predicted molar refractivity (Wildman–Crippen MR) is 152 cm³/mol. The zero-order chi connectivity index (χ0) is 31.5. The standard InChI is InChI=1S/C32H40F3N2O6/c1-4-40-15-16-41-30(38)12-10-23-9-11-27(20-36)29(19-23)42-22-28(43-31(39)32(33,34)35)21-37(2,3)14-13-24-17-25-7-5-6-8-26(25)18-24/h5-9,11,19,24,28H,4,10,12-18,21-22H2,1-3H3/q+1/t28-/m1/s1. The van der Waals surface area contributed by atoms with Crippen molar-refractivity contribution in [2.45, 2.75) is 51.3 Å². The van der Waals surface area contributed by atoms with Gasteiger partial charge in [-0.2, -0.15) is 18.4 Å². The SMILES string of the molecule is CCOCCOC(=O)CCc1ccc(C#N)c(OC[C@@H](C[N+](C)(C)CCC2Cc3ccccc3C2)OC(=O)C(F)(F)F)c1. The van der Waals surface area contributed by atoms with Gasteiger partial charge in [0.15, 0.2) is 6.10 Å². The summed E-state index contributed by atoms with van der Waals surface area (Å²) in [4.78, 5) is 23.8. The number of esters is 2. The van der Waals surface area contributed by atoms with E-state index in [0.717, 1.165) is 19.3 Å². The molecule has 0 unspecified atom stereocenters. The number of alkyl halides is 3. The first-order chi connectivity index (χ1) is 20.4. The van der Waals surface area contributed by atoms with Gasteiger partial charge in [-0.3, -0.25) is 4.79 Å². The molecule has 0 aromatic heterocycles. The number of hydrogen-bond acceptors (Lipinski definition) is 7. The first kappa shape index (κ1) is 33.9. The maximum atomic E-state index is 13.1. The summed E-state index contributed by atoms with van der Waals surface area (Å²) in [7, 11) is 3.76. The third-order valence-corrected chi connectivity index (χ3v) is 7.39. The van der Waals surface area contributed by atoms with Crippen molar-refractivity contribution in [1.29, 1.82) is 5.26 Å². The highest BCUT2D eigenvalue weighted by atomic mass is 19.4. The molecule has 0 radical (unpaired) electrons. The van der Waals surface area contributed by atoms with Crippen LogP contribution in [-0.4, -0.2) is 82.3 Å². The van der Waals surface area contributed by atoms with Gasteiger partial charge in [-0.05, 0) is 60.9 Å². The smallest absolute Gasteiger partial charge is 0.488 e. The summed E-state index contributed by atoms with van der Waals surface area (Å²) in [5.74, 6) is -2.13. The monoisotopic (exact) mass is 605 g/mol. The molecule has 0 amide bonds. The van der Waals surface area contributed by atoms with E-state index in [1.807, 2.05) is 39.2 Å². The number of rotatable bonds is 16. The molecule has 2 aromatic carbocycles. The van der Waals surface area contributed by atoms with E-state index < -0.39 is 24.2 Å². The minimum absolute atomic E-state index is 0.0800. The van der Waals surface area contributed by atoms with E-state index in [-0.39, 0.29) is 37.5 Å². The van der Waals surface area contributed by atoms with E-state index in [0.29, 0.717) is 42.1 Å². The summed E-state index contributed by atoms with van der Waals surface area (Å²) in [6.07, 6.45) is -3.20. The van der Waals surface area contributed by atoms with Crippen molar-refractivity contribution in [3.8, 4) is 11.8 Å². The Morgan fingerprint density at radius 1 is 1.09 bits per heavy atom. The fourth-order valence-electron chi connectivity index (χ4n) is 5.16. The average Bonchev–Trinajstić information content (AvgIpc) is 3.39. The molecule has 0 saturated carbocycles. The van der Waals surface area contributed by atoms with E-state index in [1.165, 1.54) is 17.2 Å². The molecule has 8 nitrogen and oxygen atoms in total. The fraction of sp³-hybridized carbons (Fsp3) is 0.531. The Morgan fingerprint density at radius 2 is 1.79 bits per heavy atom. The molecule has 1 aliphatic rings. The zero-order valence-corrected chi connectivity index (χ0v) is 25.0. The average molecular weight is 606 g/mol. The lowest BCUT2D eigenvalue weighted by Crippen LogP contribution is -2.50. The Hall–Kier alpha value is -3.62. The number of benzene rings is 2. The summed E-state index contributed by atoms with van der Waals surface area (Å²) < 4.78 is 60.6. The fourth-order valence-corrected chi connectivity index (χ4v) is 5.16. The minimum Gasteiger partial charge on any atom is -0.488 e. The number of fused-ring (bicyclic) bond motifs is 1. The Morgan fingerprint density at radius 3 is 2.42 bits per heavy atom. The molecular weight excluding hydrogens is 565 g/mol. The molecule has 1 atom stereocenters. The molecule has 1 aliphatic carbocycles. The van der Waals surface area contributed by atoms with Crippen LogP contribution < -0.4 is 4.74 Å². The first-order valence-corrected chi connectivity index (χ1v) is 14.5. The number of ether oxygens (including phenoxy) is 4. The predicted octanol–water partition coefficient (Wildman–Crippen LogP) is 4.80. The number of hydrogen-bond donors (Lipinski definition) is 0. The molecule has 0 aliphatic heterocycles. The number of carbonyl (C=O) groups excluding carboxylic acids is 2. The van der Waals surface area contributed by atoms with Crippen LogP contribution in [0.1, 0.15) is 42.0 Å². The van der Waals surface area contributed by atoms with E-state index in [1.54, 1.807) is 12.1 Å². The van der Waals surface area contributed by atoms with Crippen molar-refractivity contribution in [3.63, 3.8) is 0 Å². The highest BCUT2D eigenvalue weighted by Gasteiger charge is 2.43. The molecule has 0 fully saturated rings. The van der Waals surface area contributed by atoms with Crippen molar-refractivity contribution in [2.24, 2.45) is 5.92 Å². The normalized spacial score (nSPS) is 14.1. The number of nitriles is 1. The van der Waals surface area contributed by atoms with Crippen LogP contribution in [0.15, 0.2) is 42.5 Å². The largest absolute Gasteiger partial charge is 0.490 e. The van der Waals surface area contributed by atoms with Gasteiger partial charge in [0.25, 0.3) is 0 Å². The van der Waals surface area contributed by atoms with Crippen LogP contribution in [-0.2, 0) is 43.1 Å². The molecule has 43 heavy (non-hydrogen) atoms. The van der Waals surface area contributed by atoms with Crippen LogP contribution in [0.2, 0.25) is 0 Å². The molecule has 0 spiro atoms. The van der Waals surface area contributed by atoms with Crippen molar-refractivity contribution in [3.05, 3.63) is 64.7 Å². The van der Waals surface area contributed by atoms with Crippen LogP contribution >= 0.6 is 0 Å². The van der Waals surface area contributed by atoms with Crippen molar-refractivity contribution < 1.29 is 46.2 Å². The third-order valence-electron chi connectivity index (χ3n) is 7.39. The number of likely N-dealkylation sites (N-methyl/N-ethyl adjacent to an activating group) is 1. The lowest BCUT2D eigenvalue weighted by atomic mass is 10.0. The highest BCUT2D eigenvalue weighted by molar-refractivity contribution is 5.75. The molecule has 11 heteroatoms. The lowest BCUT2D eigenvalue weighted by Gasteiger charge is -2.34. The molecule has 0 heterocycles. The lowest BCUT2D eigenvalue weighted by molar-refractivity contribution is -0.893. The maximum Gasteiger partial charge on any atom is 0.490 e. The summed E-state index contributed by atoms with van der Waals surface area (Å²) in [6, 6.07) is 15.0.